The second kappa shape index (κ2) is 5.03. The summed E-state index contributed by atoms with van der Waals surface area (Å²) in [6.07, 6.45) is 1.15. The third-order valence-corrected chi connectivity index (χ3v) is 5.66. The van der Waals surface area contributed by atoms with E-state index in [9.17, 15) is 9.59 Å². The Bertz CT molecular complexity index is 784. The Labute approximate surface area is 140 Å². The monoisotopic (exact) mass is 379 g/mol. The molecule has 1 aliphatic carbocycles. The maximum atomic E-state index is 12.3. The first-order valence-corrected chi connectivity index (χ1v) is 8.18. The molecular weight excluding hydrogens is 370 g/mol. The van der Waals surface area contributed by atoms with E-state index in [1.165, 1.54) is 0 Å². The molecule has 1 fully saturated rings. The third-order valence-electron chi connectivity index (χ3n) is 4.43. The molecule has 0 saturated heterocycles. The number of aliphatic imine (C=N–C) groups is 1. The average Bonchev–Trinajstić information content (AvgIpc) is 3.05. The van der Waals surface area contributed by atoms with Gasteiger partial charge in [-0.1, -0.05) is 17.7 Å². The number of hydrogen-bond donors (Lipinski definition) is 0. The van der Waals surface area contributed by atoms with Gasteiger partial charge in [0, 0.05) is 22.5 Å². The summed E-state index contributed by atoms with van der Waals surface area (Å²) in [4.78, 5) is 29.0. The first-order chi connectivity index (χ1) is 10.6. The summed E-state index contributed by atoms with van der Waals surface area (Å²) in [6.45, 7) is 0.194. The Kier molecular flexibility index (Phi) is 3.24. The van der Waals surface area contributed by atoms with E-state index in [0.717, 1.165) is 15.7 Å². The van der Waals surface area contributed by atoms with Crippen molar-refractivity contribution in [2.75, 3.05) is 6.61 Å². The molecule has 6 heteroatoms. The molecule has 3 aliphatic rings. The Morgan fingerprint density at radius 3 is 2.82 bits per heavy atom. The molecule has 0 bridgehead atoms. The van der Waals surface area contributed by atoms with E-state index in [1.54, 1.807) is 6.07 Å². The van der Waals surface area contributed by atoms with Gasteiger partial charge in [-0.2, -0.15) is 0 Å². The molecular formula is C16H11BrClNO3. The first-order valence-electron chi connectivity index (χ1n) is 7.01. The van der Waals surface area contributed by atoms with E-state index in [2.05, 4.69) is 20.9 Å². The predicted molar refractivity (Wildman–Crippen MR) is 85.0 cm³/mol. The molecule has 2 aliphatic heterocycles. The normalized spacial score (nSPS) is 26.7. The number of ketones is 1. The second-order valence-electron chi connectivity index (χ2n) is 5.63. The number of rotatable bonds is 1. The van der Waals surface area contributed by atoms with Crippen molar-refractivity contribution in [3.63, 3.8) is 0 Å². The smallest absolute Gasteiger partial charge is 0.337 e. The highest BCUT2D eigenvalue weighted by Gasteiger charge is 2.47. The van der Waals surface area contributed by atoms with Crippen molar-refractivity contribution >= 4 is 45.0 Å². The molecule has 1 aromatic rings. The summed E-state index contributed by atoms with van der Waals surface area (Å²) >= 11 is 9.56. The minimum absolute atomic E-state index is 0.133. The molecule has 1 aromatic carbocycles. The summed E-state index contributed by atoms with van der Waals surface area (Å²) in [5.74, 6) is -0.935. The number of nitrogens with zero attached hydrogens (tertiary/aromatic N) is 1. The lowest BCUT2D eigenvalue weighted by Crippen LogP contribution is -2.29. The van der Waals surface area contributed by atoms with E-state index in [4.69, 9.17) is 16.3 Å². The van der Waals surface area contributed by atoms with Gasteiger partial charge in [0.1, 0.15) is 12.4 Å². The molecule has 1 saturated carbocycles. The molecule has 4 nitrogen and oxygen atoms in total. The van der Waals surface area contributed by atoms with Crippen LogP contribution in [-0.4, -0.2) is 24.1 Å². The van der Waals surface area contributed by atoms with Crippen LogP contribution in [-0.2, 0) is 14.3 Å². The summed E-state index contributed by atoms with van der Waals surface area (Å²) < 4.78 is 5.91. The third kappa shape index (κ3) is 1.99. The SMILES string of the molecule is O=C1OCC2=C1C(c1ccc(Br)c(Cl)c1)C1C(=O)CCC1=N2. The van der Waals surface area contributed by atoms with E-state index >= 15 is 0 Å². The van der Waals surface area contributed by atoms with Gasteiger partial charge in [-0.05, 0) is 40.0 Å². The number of ether oxygens (including phenoxy) is 1. The molecule has 0 spiro atoms. The number of benzene rings is 1. The maximum Gasteiger partial charge on any atom is 0.337 e. The van der Waals surface area contributed by atoms with Crippen molar-refractivity contribution in [1.29, 1.82) is 0 Å². The topological polar surface area (TPSA) is 55.7 Å². The zero-order chi connectivity index (χ0) is 15.4. The number of carbonyl (C=O) groups excluding carboxylic acids is 2. The quantitative estimate of drug-likeness (QED) is 0.701. The zero-order valence-electron chi connectivity index (χ0n) is 11.4. The fourth-order valence-electron chi connectivity index (χ4n) is 3.46. The Morgan fingerprint density at radius 1 is 1.23 bits per heavy atom. The van der Waals surface area contributed by atoms with Gasteiger partial charge in [0.2, 0.25) is 0 Å². The highest BCUT2D eigenvalue weighted by molar-refractivity contribution is 9.10. The molecule has 0 radical (unpaired) electrons. The molecule has 2 unspecified atom stereocenters. The fraction of sp³-hybridized carbons (Fsp3) is 0.312. The van der Waals surface area contributed by atoms with Crippen molar-refractivity contribution in [1.82, 2.24) is 0 Å². The van der Waals surface area contributed by atoms with E-state index in [-0.39, 0.29) is 30.2 Å². The van der Waals surface area contributed by atoms with Gasteiger partial charge in [-0.3, -0.25) is 9.79 Å². The molecule has 2 atom stereocenters. The number of carbonyl (C=O) groups is 2. The van der Waals surface area contributed by atoms with Crippen molar-refractivity contribution in [2.24, 2.45) is 10.9 Å². The minimum atomic E-state index is -0.374. The molecule has 2 heterocycles. The van der Waals surface area contributed by atoms with Crippen LogP contribution in [0.4, 0.5) is 0 Å². The number of halogens is 2. The van der Waals surface area contributed by atoms with Crippen molar-refractivity contribution in [3.05, 3.63) is 44.5 Å². The molecule has 0 N–H and O–H groups in total. The zero-order valence-corrected chi connectivity index (χ0v) is 13.8. The summed E-state index contributed by atoms with van der Waals surface area (Å²) in [6, 6.07) is 5.54. The van der Waals surface area contributed by atoms with Crippen LogP contribution in [0.3, 0.4) is 0 Å². The molecule has 0 aromatic heterocycles. The maximum absolute atomic E-state index is 12.3. The Morgan fingerprint density at radius 2 is 2.05 bits per heavy atom. The standard InChI is InChI=1S/C16H11BrClNO3/c17-8-2-1-7(5-9(8)18)13-14-10(3-4-12(14)20)19-11-6-22-16(21)15(11)13/h1-2,5,13-14H,3-4,6H2. The van der Waals surface area contributed by atoms with Crippen LogP contribution in [0.5, 0.6) is 0 Å². The predicted octanol–water partition coefficient (Wildman–Crippen LogP) is 3.43. The lowest BCUT2D eigenvalue weighted by molar-refractivity contribution is -0.136. The number of cyclic esters (lactones) is 1. The van der Waals surface area contributed by atoms with Crippen LogP contribution in [0.25, 0.3) is 0 Å². The van der Waals surface area contributed by atoms with Crippen LogP contribution < -0.4 is 0 Å². The van der Waals surface area contributed by atoms with Crippen LogP contribution in [0, 0.1) is 5.92 Å². The fourth-order valence-corrected chi connectivity index (χ4v) is 3.90. The molecule has 112 valence electrons. The highest BCUT2D eigenvalue weighted by Crippen LogP contribution is 2.46. The van der Waals surface area contributed by atoms with Gasteiger partial charge < -0.3 is 4.74 Å². The van der Waals surface area contributed by atoms with Gasteiger partial charge in [-0.25, -0.2) is 4.79 Å². The first kappa shape index (κ1) is 14.2. The summed E-state index contributed by atoms with van der Waals surface area (Å²) in [7, 11) is 0. The van der Waals surface area contributed by atoms with Crippen molar-refractivity contribution < 1.29 is 14.3 Å². The van der Waals surface area contributed by atoms with E-state index in [1.807, 2.05) is 12.1 Å². The highest BCUT2D eigenvalue weighted by atomic mass is 79.9. The van der Waals surface area contributed by atoms with Gasteiger partial charge >= 0.3 is 5.97 Å². The number of Topliss-reactive ketones (excluding diaryl/α,β-unsaturated/α-hetero) is 1. The lowest BCUT2D eigenvalue weighted by Gasteiger charge is -2.27. The van der Waals surface area contributed by atoms with Gasteiger partial charge in [0.05, 0.1) is 22.2 Å². The second-order valence-corrected chi connectivity index (χ2v) is 6.90. The van der Waals surface area contributed by atoms with Gasteiger partial charge in [0.25, 0.3) is 0 Å². The number of esters is 1. The molecule has 22 heavy (non-hydrogen) atoms. The van der Waals surface area contributed by atoms with E-state index < -0.39 is 0 Å². The number of hydrogen-bond acceptors (Lipinski definition) is 4. The summed E-state index contributed by atoms with van der Waals surface area (Å²) in [5, 5.41) is 0.556. The molecule has 0 amide bonds. The van der Waals surface area contributed by atoms with Crippen LogP contribution in [0.2, 0.25) is 5.02 Å². The van der Waals surface area contributed by atoms with Gasteiger partial charge in [-0.15, -0.1) is 0 Å². The Hall–Kier alpha value is -1.46. The van der Waals surface area contributed by atoms with Crippen LogP contribution >= 0.6 is 27.5 Å². The average molecular weight is 381 g/mol. The number of fused-ring (bicyclic) bond motifs is 1. The van der Waals surface area contributed by atoms with E-state index in [0.29, 0.717) is 29.1 Å². The van der Waals surface area contributed by atoms with Crippen molar-refractivity contribution in [2.45, 2.75) is 18.8 Å². The largest absolute Gasteiger partial charge is 0.456 e. The van der Waals surface area contributed by atoms with Crippen LogP contribution in [0.1, 0.15) is 24.3 Å². The van der Waals surface area contributed by atoms with Crippen LogP contribution in [0.15, 0.2) is 38.9 Å². The summed E-state index contributed by atoms with van der Waals surface area (Å²) in [5.41, 5.74) is 2.90. The molecule has 4 rings (SSSR count). The minimum Gasteiger partial charge on any atom is -0.456 e. The van der Waals surface area contributed by atoms with Crippen molar-refractivity contribution in [3.8, 4) is 0 Å². The lowest BCUT2D eigenvalue weighted by atomic mass is 9.76. The Balaban J connectivity index is 1.90. The van der Waals surface area contributed by atoms with Gasteiger partial charge in [0.15, 0.2) is 0 Å².